The van der Waals surface area contributed by atoms with E-state index in [2.05, 4.69) is 5.27 Å². The van der Waals surface area contributed by atoms with Gasteiger partial charge in [-0.2, -0.15) is 0 Å². The van der Waals surface area contributed by atoms with Gasteiger partial charge in [0.2, 0.25) is 12.5 Å². The second-order valence-corrected chi connectivity index (χ2v) is 8.61. The lowest BCUT2D eigenvalue weighted by molar-refractivity contribution is -0.672. The van der Waals surface area contributed by atoms with Crippen LogP contribution >= 0.6 is 11.3 Å². The molecule has 0 fully saturated rings. The third-order valence-corrected chi connectivity index (χ3v) is 6.72. The zero-order valence-corrected chi connectivity index (χ0v) is 19.0. The first-order valence-electron chi connectivity index (χ1n) is 10.4. The van der Waals surface area contributed by atoms with Gasteiger partial charge >= 0.3 is 5.69 Å². The van der Waals surface area contributed by atoms with Gasteiger partial charge in [0.1, 0.15) is 15.5 Å². The van der Waals surface area contributed by atoms with Crippen molar-refractivity contribution >= 4 is 33.0 Å². The molecule has 3 aromatic heterocycles. The number of nitrogens with two attached hydrogens (primary N) is 1. The van der Waals surface area contributed by atoms with Crippen LogP contribution in [0.25, 0.3) is 27.2 Å². The van der Waals surface area contributed by atoms with Crippen LogP contribution in [-0.2, 0) is 0 Å². The molecule has 0 atom stereocenters. The molecular weight excluding hydrogens is 472 g/mol. The maximum absolute atomic E-state index is 13.4. The Bertz CT molecular complexity index is 1610. The van der Waals surface area contributed by atoms with E-state index in [0.717, 1.165) is 21.6 Å². The third kappa shape index (κ3) is 3.40. The number of aromatic nitrogens is 3. The quantitative estimate of drug-likeness (QED) is 0.292. The van der Waals surface area contributed by atoms with Crippen LogP contribution in [0.1, 0.15) is 15.4 Å². The molecular formula is C24H16N4O6S. The Hall–Kier alpha value is -4.64. The molecule has 0 radical (unpaired) electrons. The molecule has 1 aliphatic heterocycles. The predicted molar refractivity (Wildman–Crippen MR) is 123 cm³/mol. The molecule has 0 saturated carbocycles. The van der Waals surface area contributed by atoms with Crippen LogP contribution in [0.15, 0.2) is 59.1 Å². The number of carbonyl (C=O) groups is 1. The normalized spacial score (nSPS) is 12.3. The predicted octanol–water partition coefficient (Wildman–Crippen LogP) is 2.85. The highest BCUT2D eigenvalue weighted by atomic mass is 32.1. The number of nitrogen functional groups attached to an aromatic ring is 1. The van der Waals surface area contributed by atoms with Gasteiger partial charge in [-0.3, -0.25) is 4.79 Å². The number of carbonyl (C=O) groups excluding carboxylic acids is 1. The number of methoxy groups -OCH3 is 1. The van der Waals surface area contributed by atoms with Crippen LogP contribution in [0.3, 0.4) is 0 Å². The fraction of sp³-hybridized carbons (Fsp3) is 0.0833. The molecule has 174 valence electrons. The summed E-state index contributed by atoms with van der Waals surface area (Å²) in [6, 6.07) is 15.8. The Morgan fingerprint density at radius 3 is 2.71 bits per heavy atom. The lowest BCUT2D eigenvalue weighted by Gasteiger charge is -2.03. The van der Waals surface area contributed by atoms with Crippen LogP contribution in [-0.4, -0.2) is 29.9 Å². The van der Waals surface area contributed by atoms with Crippen LogP contribution in [0.5, 0.6) is 23.2 Å². The number of hydrogen-bond acceptors (Lipinski definition) is 10. The molecule has 0 spiro atoms. The number of benzene rings is 2. The highest BCUT2D eigenvalue weighted by Gasteiger charge is 2.32. The summed E-state index contributed by atoms with van der Waals surface area (Å²) in [7, 11) is 1.54. The maximum Gasteiger partial charge on any atom is 0.312 e. The lowest BCUT2D eigenvalue weighted by atomic mass is 10.1. The highest BCUT2D eigenvalue weighted by molar-refractivity contribution is 7.21. The second kappa shape index (κ2) is 7.99. The number of fused-ring (bicyclic) bond motifs is 2. The minimum Gasteiger partial charge on any atom is -0.539 e. The van der Waals surface area contributed by atoms with E-state index in [-0.39, 0.29) is 23.1 Å². The Balaban J connectivity index is 1.40. The molecule has 2 aromatic carbocycles. The van der Waals surface area contributed by atoms with Gasteiger partial charge in [-0.1, -0.05) is 0 Å². The minimum atomic E-state index is -0.864. The Morgan fingerprint density at radius 1 is 1.11 bits per heavy atom. The summed E-state index contributed by atoms with van der Waals surface area (Å²) in [6.07, 6.45) is 0. The van der Waals surface area contributed by atoms with E-state index in [1.165, 1.54) is 0 Å². The molecule has 0 saturated heterocycles. The lowest BCUT2D eigenvalue weighted by Crippen LogP contribution is -2.39. The fourth-order valence-corrected chi connectivity index (χ4v) is 4.86. The molecule has 4 heterocycles. The van der Waals surface area contributed by atoms with Crippen LogP contribution in [0.4, 0.5) is 5.69 Å². The first-order valence-corrected chi connectivity index (χ1v) is 11.2. The van der Waals surface area contributed by atoms with Crippen molar-refractivity contribution < 1.29 is 33.3 Å². The number of anilines is 1. The molecule has 10 nitrogen and oxygen atoms in total. The van der Waals surface area contributed by atoms with Crippen molar-refractivity contribution in [1.29, 1.82) is 0 Å². The summed E-state index contributed by atoms with van der Waals surface area (Å²) in [5, 5.41) is 16.8. The summed E-state index contributed by atoms with van der Waals surface area (Å²) in [5.41, 5.74) is 8.27. The minimum absolute atomic E-state index is 0.179. The molecule has 5 aromatic rings. The molecule has 35 heavy (non-hydrogen) atoms. The second-order valence-electron chi connectivity index (χ2n) is 7.61. The van der Waals surface area contributed by atoms with Gasteiger partial charge in [0.25, 0.3) is 5.78 Å². The maximum atomic E-state index is 13.4. The number of hydrogen-bond donors (Lipinski definition) is 1. The molecule has 11 heteroatoms. The summed E-state index contributed by atoms with van der Waals surface area (Å²) >= 11 is 1.10. The van der Waals surface area contributed by atoms with Gasteiger partial charge < -0.3 is 29.6 Å². The zero-order valence-electron chi connectivity index (χ0n) is 18.2. The zero-order chi connectivity index (χ0) is 24.1. The Labute approximate surface area is 201 Å². The number of ketones is 1. The molecule has 6 rings (SSSR count). The van der Waals surface area contributed by atoms with Gasteiger partial charge in [-0.25, -0.2) is 4.98 Å². The fourth-order valence-electron chi connectivity index (χ4n) is 3.83. The molecule has 0 amide bonds. The average Bonchev–Trinajstić information content (AvgIpc) is 3.60. The molecule has 0 bridgehead atoms. The number of rotatable bonds is 5. The SMILES string of the molecule is COc1ccc(-[n+]2noc([O-])c2C(=O)c2sc3nc(-c4ccc5c(c4)OCO5)ccc3c2N)cc1. The Morgan fingerprint density at radius 2 is 1.91 bits per heavy atom. The van der Waals surface area contributed by atoms with Crippen molar-refractivity contribution in [3.63, 3.8) is 0 Å². The van der Waals surface area contributed by atoms with E-state index in [0.29, 0.717) is 38.8 Å². The van der Waals surface area contributed by atoms with Gasteiger partial charge in [0.05, 0.1) is 23.8 Å². The number of pyridine rings is 1. The largest absolute Gasteiger partial charge is 0.539 e. The van der Waals surface area contributed by atoms with Crippen LogP contribution < -0.4 is 29.7 Å². The van der Waals surface area contributed by atoms with Crippen molar-refractivity contribution in [2.24, 2.45) is 0 Å². The van der Waals surface area contributed by atoms with Crippen molar-refractivity contribution in [2.45, 2.75) is 0 Å². The van der Waals surface area contributed by atoms with Crippen LogP contribution in [0, 0.1) is 0 Å². The molecule has 0 unspecified atom stereocenters. The van der Waals surface area contributed by atoms with E-state index >= 15 is 0 Å². The first-order chi connectivity index (χ1) is 17.0. The van der Waals surface area contributed by atoms with Crippen molar-refractivity contribution in [3.05, 3.63) is 65.2 Å². The average molecular weight is 488 g/mol. The van der Waals surface area contributed by atoms with Crippen molar-refractivity contribution in [3.8, 4) is 40.1 Å². The van der Waals surface area contributed by atoms with E-state index in [1.54, 1.807) is 37.4 Å². The summed E-state index contributed by atoms with van der Waals surface area (Å²) in [4.78, 5) is 18.9. The van der Waals surface area contributed by atoms with E-state index < -0.39 is 11.7 Å². The topological polar surface area (TPSA) is 137 Å². The van der Waals surface area contributed by atoms with Crippen LogP contribution in [0.2, 0.25) is 0 Å². The van der Waals surface area contributed by atoms with Crippen molar-refractivity contribution in [1.82, 2.24) is 10.3 Å². The van der Waals surface area contributed by atoms with Gasteiger partial charge in [-0.15, -0.1) is 11.3 Å². The smallest absolute Gasteiger partial charge is 0.312 e. The van der Waals surface area contributed by atoms with E-state index in [4.69, 9.17) is 29.5 Å². The number of nitrogens with zero attached hydrogens (tertiary/aromatic N) is 3. The molecule has 0 aliphatic carbocycles. The standard InChI is InChI=1S/C24H16N4O6S/c1-31-14-5-3-13(4-6-14)28-20(24(30)34-27-28)21(29)22-19(25)15-7-8-16(26-23(15)35-22)12-2-9-17-18(10-12)33-11-32-17/h2-10H,11H2,1H3,(H2-,25,27,29,30). The number of ether oxygens (including phenoxy) is 3. The third-order valence-electron chi connectivity index (χ3n) is 5.61. The number of thiophene rings is 1. The summed E-state index contributed by atoms with van der Waals surface area (Å²) in [5.74, 6) is 0.472. The highest BCUT2D eigenvalue weighted by Crippen LogP contribution is 2.38. The van der Waals surface area contributed by atoms with Crippen molar-refractivity contribution in [2.75, 3.05) is 19.6 Å². The molecule has 1 aliphatic rings. The summed E-state index contributed by atoms with van der Waals surface area (Å²) in [6.45, 7) is 0.180. The Kier molecular flexibility index (Phi) is 4.78. The van der Waals surface area contributed by atoms with E-state index in [9.17, 15) is 9.90 Å². The first kappa shape index (κ1) is 20.9. The molecule has 2 N–H and O–H groups in total. The van der Waals surface area contributed by atoms with Gasteiger partial charge in [0.15, 0.2) is 17.4 Å². The van der Waals surface area contributed by atoms with Gasteiger partial charge in [0, 0.05) is 23.1 Å². The van der Waals surface area contributed by atoms with E-state index in [1.807, 2.05) is 24.3 Å². The van der Waals surface area contributed by atoms with Gasteiger partial charge in [-0.05, 0) is 47.1 Å². The monoisotopic (exact) mass is 488 g/mol. The summed E-state index contributed by atoms with van der Waals surface area (Å²) < 4.78 is 21.9.